The highest BCUT2D eigenvalue weighted by Gasteiger charge is 2.37. The first-order valence-electron chi connectivity index (χ1n) is 7.49. The Morgan fingerprint density at radius 2 is 2.00 bits per heavy atom. The van der Waals surface area contributed by atoms with Crippen LogP contribution >= 0.6 is 0 Å². The number of β-amino-alcohol motifs (C(OH)–C–C–N with tert-alkyl or cyclic N) is 1. The van der Waals surface area contributed by atoms with Gasteiger partial charge >= 0.3 is 0 Å². The number of pyridine rings is 1. The van der Waals surface area contributed by atoms with Gasteiger partial charge in [0.2, 0.25) is 0 Å². The maximum Gasteiger partial charge on any atom is 0.105 e. The molecule has 2 heterocycles. The molecule has 1 aliphatic rings. The van der Waals surface area contributed by atoms with Gasteiger partial charge in [-0.25, -0.2) is 0 Å². The number of aryl methyl sites for hydroxylation is 2. The predicted molar refractivity (Wildman–Crippen MR) is 83.9 cm³/mol. The van der Waals surface area contributed by atoms with Crippen LogP contribution in [0.25, 0.3) is 0 Å². The van der Waals surface area contributed by atoms with Gasteiger partial charge in [-0.2, -0.15) is 0 Å². The van der Waals surface area contributed by atoms with Gasteiger partial charge in [0.05, 0.1) is 0 Å². The smallest absolute Gasteiger partial charge is 0.105 e. The van der Waals surface area contributed by atoms with Crippen LogP contribution in [0.4, 0.5) is 0 Å². The van der Waals surface area contributed by atoms with Crippen LogP contribution in [0.2, 0.25) is 0 Å². The highest BCUT2D eigenvalue weighted by Crippen LogP contribution is 2.32. The number of hydrogen-bond donors (Lipinski definition) is 1. The van der Waals surface area contributed by atoms with Crippen LogP contribution in [0.5, 0.6) is 0 Å². The highest BCUT2D eigenvalue weighted by atomic mass is 16.3. The zero-order valence-corrected chi connectivity index (χ0v) is 12.7. The molecule has 0 spiro atoms. The molecule has 3 nitrogen and oxygen atoms in total. The summed E-state index contributed by atoms with van der Waals surface area (Å²) in [6.45, 7) is 6.53. The van der Waals surface area contributed by atoms with Crippen molar-refractivity contribution in [1.29, 1.82) is 0 Å². The van der Waals surface area contributed by atoms with Crippen LogP contribution in [-0.4, -0.2) is 28.1 Å². The quantitative estimate of drug-likeness (QED) is 0.940. The van der Waals surface area contributed by atoms with E-state index in [1.807, 2.05) is 26.1 Å². The Bertz CT molecular complexity index is 626. The third-order valence-corrected chi connectivity index (χ3v) is 4.45. The van der Waals surface area contributed by atoms with Crippen LogP contribution in [0.3, 0.4) is 0 Å². The fourth-order valence-corrected chi connectivity index (χ4v) is 2.98. The molecule has 0 radical (unpaired) electrons. The third-order valence-electron chi connectivity index (χ3n) is 4.45. The number of aliphatic hydroxyl groups is 1. The van der Waals surface area contributed by atoms with Gasteiger partial charge in [-0.05, 0) is 37.5 Å². The van der Waals surface area contributed by atoms with Crippen LogP contribution in [-0.2, 0) is 12.1 Å². The molecule has 21 heavy (non-hydrogen) atoms. The molecule has 1 aromatic heterocycles. The molecule has 3 rings (SSSR count). The zero-order valence-electron chi connectivity index (χ0n) is 12.7. The van der Waals surface area contributed by atoms with Crippen molar-refractivity contribution in [3.05, 3.63) is 65.0 Å². The predicted octanol–water partition coefficient (Wildman–Crippen LogP) is 2.79. The maximum absolute atomic E-state index is 10.9. The number of rotatable bonds is 3. The number of benzene rings is 1. The van der Waals surface area contributed by atoms with E-state index in [1.165, 1.54) is 5.56 Å². The van der Waals surface area contributed by atoms with Gasteiger partial charge < -0.3 is 5.11 Å². The minimum atomic E-state index is -0.764. The maximum atomic E-state index is 10.9. The van der Waals surface area contributed by atoms with E-state index in [0.717, 1.165) is 36.3 Å². The van der Waals surface area contributed by atoms with Crippen molar-refractivity contribution >= 4 is 0 Å². The van der Waals surface area contributed by atoms with Gasteiger partial charge in [-0.15, -0.1) is 0 Å². The van der Waals surface area contributed by atoms with Gasteiger partial charge in [-0.3, -0.25) is 9.88 Å². The molecule has 0 aliphatic carbocycles. The second-order valence-corrected chi connectivity index (χ2v) is 6.10. The summed E-state index contributed by atoms with van der Waals surface area (Å²) >= 11 is 0. The fourth-order valence-electron chi connectivity index (χ4n) is 2.98. The van der Waals surface area contributed by atoms with Crippen LogP contribution in [0, 0.1) is 13.8 Å². The molecule has 1 aromatic carbocycles. The van der Waals surface area contributed by atoms with E-state index in [0.29, 0.717) is 6.54 Å². The van der Waals surface area contributed by atoms with E-state index in [4.69, 9.17) is 0 Å². The molecule has 1 aliphatic heterocycles. The first-order chi connectivity index (χ1) is 10.1. The lowest BCUT2D eigenvalue weighted by Gasteiger charge is -2.24. The third kappa shape index (κ3) is 2.99. The van der Waals surface area contributed by atoms with E-state index < -0.39 is 5.60 Å². The molecule has 1 N–H and O–H groups in total. The molecule has 2 aromatic rings. The monoisotopic (exact) mass is 282 g/mol. The second kappa shape index (κ2) is 5.58. The van der Waals surface area contributed by atoms with Gasteiger partial charge in [0.25, 0.3) is 0 Å². The first-order valence-corrected chi connectivity index (χ1v) is 7.49. The van der Waals surface area contributed by atoms with Crippen molar-refractivity contribution < 1.29 is 5.11 Å². The summed E-state index contributed by atoms with van der Waals surface area (Å²) in [7, 11) is 0. The van der Waals surface area contributed by atoms with Crippen molar-refractivity contribution in [2.75, 3.05) is 13.1 Å². The van der Waals surface area contributed by atoms with Gasteiger partial charge in [0.15, 0.2) is 0 Å². The van der Waals surface area contributed by atoms with Crippen molar-refractivity contribution in [3.8, 4) is 0 Å². The van der Waals surface area contributed by atoms with Crippen LogP contribution in [0.15, 0.2) is 42.6 Å². The van der Waals surface area contributed by atoms with E-state index in [2.05, 4.69) is 40.2 Å². The lowest BCUT2D eigenvalue weighted by atomic mass is 9.93. The zero-order chi connectivity index (χ0) is 14.9. The van der Waals surface area contributed by atoms with Crippen molar-refractivity contribution in [1.82, 2.24) is 9.88 Å². The summed E-state index contributed by atoms with van der Waals surface area (Å²) < 4.78 is 0. The molecular formula is C18H22N2O. The standard InChI is InChI=1S/C18H22N2O/c1-14-10-17(11-19-15(14)2)18(21)8-9-20(13-18)12-16-6-4-3-5-7-16/h3-7,10-11,21H,8-9,12-13H2,1-2H3. The first kappa shape index (κ1) is 14.2. The summed E-state index contributed by atoms with van der Waals surface area (Å²) in [6.07, 6.45) is 2.60. The summed E-state index contributed by atoms with van der Waals surface area (Å²) in [4.78, 5) is 6.71. The van der Waals surface area contributed by atoms with Gasteiger partial charge in [0, 0.05) is 37.1 Å². The Labute approximate surface area is 126 Å². The fraction of sp³-hybridized carbons (Fsp3) is 0.389. The van der Waals surface area contributed by atoms with E-state index >= 15 is 0 Å². The normalized spacial score (nSPS) is 22.6. The van der Waals surface area contributed by atoms with E-state index in [1.54, 1.807) is 0 Å². The molecule has 1 fully saturated rings. The molecule has 3 heteroatoms. The highest BCUT2D eigenvalue weighted by molar-refractivity contribution is 5.29. The Morgan fingerprint density at radius 1 is 1.24 bits per heavy atom. The van der Waals surface area contributed by atoms with Gasteiger partial charge in [0.1, 0.15) is 5.60 Å². The number of aromatic nitrogens is 1. The SMILES string of the molecule is Cc1cc(C2(O)CCN(Cc3ccccc3)C2)cnc1C. The number of likely N-dealkylation sites (tertiary alicyclic amines) is 1. The van der Waals surface area contributed by atoms with Gasteiger partial charge in [-0.1, -0.05) is 30.3 Å². The molecule has 0 amide bonds. The lowest BCUT2D eigenvalue weighted by Crippen LogP contribution is -2.30. The topological polar surface area (TPSA) is 36.4 Å². The second-order valence-electron chi connectivity index (χ2n) is 6.10. The van der Waals surface area contributed by atoms with Crippen molar-refractivity contribution in [2.45, 2.75) is 32.4 Å². The average molecular weight is 282 g/mol. The summed E-state index contributed by atoms with van der Waals surface area (Å²) in [5.41, 5.74) is 3.64. The lowest BCUT2D eigenvalue weighted by molar-refractivity contribution is 0.0449. The molecule has 1 unspecified atom stereocenters. The molecule has 1 atom stereocenters. The molecule has 1 saturated heterocycles. The Balaban J connectivity index is 1.74. The van der Waals surface area contributed by atoms with E-state index in [9.17, 15) is 5.11 Å². The summed E-state index contributed by atoms with van der Waals surface area (Å²) in [6, 6.07) is 12.5. The van der Waals surface area contributed by atoms with Crippen LogP contribution in [0.1, 0.15) is 28.8 Å². The number of nitrogens with zero attached hydrogens (tertiary/aromatic N) is 2. The molecule has 0 saturated carbocycles. The molecule has 0 bridgehead atoms. The minimum absolute atomic E-state index is 0.673. The van der Waals surface area contributed by atoms with Crippen molar-refractivity contribution in [2.24, 2.45) is 0 Å². The minimum Gasteiger partial charge on any atom is -0.384 e. The molecular weight excluding hydrogens is 260 g/mol. The average Bonchev–Trinajstić information content (AvgIpc) is 2.85. The Kier molecular flexibility index (Phi) is 3.79. The number of hydrogen-bond acceptors (Lipinski definition) is 3. The van der Waals surface area contributed by atoms with Crippen molar-refractivity contribution in [3.63, 3.8) is 0 Å². The Morgan fingerprint density at radius 3 is 2.71 bits per heavy atom. The molecule has 110 valence electrons. The largest absolute Gasteiger partial charge is 0.384 e. The van der Waals surface area contributed by atoms with Crippen LogP contribution < -0.4 is 0 Å². The Hall–Kier alpha value is -1.71. The summed E-state index contributed by atoms with van der Waals surface area (Å²) in [5, 5.41) is 10.9. The summed E-state index contributed by atoms with van der Waals surface area (Å²) in [5.74, 6) is 0. The van der Waals surface area contributed by atoms with E-state index in [-0.39, 0.29) is 0 Å².